The molecule has 0 fully saturated rings. The predicted octanol–water partition coefficient (Wildman–Crippen LogP) is 1.87. The Morgan fingerprint density at radius 2 is 2.50 bits per heavy atom. The Labute approximate surface area is 102 Å². The summed E-state index contributed by atoms with van der Waals surface area (Å²) in [5, 5.41) is 14.4. The van der Waals surface area contributed by atoms with E-state index in [4.69, 9.17) is 4.74 Å². The van der Waals surface area contributed by atoms with Gasteiger partial charge in [0.1, 0.15) is 0 Å². The summed E-state index contributed by atoms with van der Waals surface area (Å²) in [5.41, 5.74) is 0. The minimum atomic E-state index is 0.585. The maximum Gasteiger partial charge on any atom is 0.211 e. The molecule has 0 aliphatic heterocycles. The molecule has 0 aliphatic carbocycles. The van der Waals surface area contributed by atoms with E-state index < -0.39 is 0 Å². The Bertz CT molecular complexity index is 415. The molecular formula is C9H12N4OS2. The predicted molar refractivity (Wildman–Crippen MR) is 63.6 cm³/mol. The van der Waals surface area contributed by atoms with Gasteiger partial charge in [-0.2, -0.15) is 0 Å². The first-order chi connectivity index (χ1) is 7.90. The lowest BCUT2D eigenvalue weighted by molar-refractivity contribution is 0.199. The number of tetrazole rings is 1. The average molecular weight is 256 g/mol. The van der Waals surface area contributed by atoms with E-state index in [9.17, 15) is 0 Å². The summed E-state index contributed by atoms with van der Waals surface area (Å²) in [7, 11) is 0. The molecule has 2 rings (SSSR count). The van der Waals surface area contributed by atoms with E-state index >= 15 is 0 Å². The second-order valence-electron chi connectivity index (χ2n) is 2.95. The van der Waals surface area contributed by atoms with Crippen molar-refractivity contribution in [2.75, 3.05) is 12.5 Å². The van der Waals surface area contributed by atoms with Crippen LogP contribution in [0.25, 0.3) is 0 Å². The van der Waals surface area contributed by atoms with Crippen LogP contribution in [-0.4, -0.2) is 32.8 Å². The third-order valence-electron chi connectivity index (χ3n) is 1.86. The molecule has 0 saturated carbocycles. The van der Waals surface area contributed by atoms with Crippen molar-refractivity contribution in [3.63, 3.8) is 0 Å². The summed E-state index contributed by atoms with van der Waals surface area (Å²) in [5.74, 6) is 0.585. The molecule has 0 radical (unpaired) electrons. The quantitative estimate of drug-likeness (QED) is 0.448. The summed E-state index contributed by atoms with van der Waals surface area (Å²) in [4.78, 5) is 1.24. The third-order valence-corrected chi connectivity index (χ3v) is 3.56. The lowest BCUT2D eigenvalue weighted by atomic mass is 10.5. The molecule has 2 aromatic rings. The van der Waals surface area contributed by atoms with Crippen LogP contribution in [0.3, 0.4) is 0 Å². The first-order valence-electron chi connectivity index (χ1n) is 4.89. The number of hydrogen-bond donors (Lipinski definition) is 0. The van der Waals surface area contributed by atoms with Crippen LogP contribution in [-0.2, 0) is 11.3 Å². The fourth-order valence-corrected chi connectivity index (χ4v) is 2.51. The Hall–Kier alpha value is -0.920. The highest BCUT2D eigenvalue weighted by molar-refractivity contribution is 7.99. The van der Waals surface area contributed by atoms with Crippen molar-refractivity contribution in [1.29, 1.82) is 0 Å². The van der Waals surface area contributed by atoms with E-state index in [1.165, 1.54) is 16.6 Å². The molecule has 0 saturated heterocycles. The lowest BCUT2D eigenvalue weighted by Crippen LogP contribution is -2.03. The fraction of sp³-hybridized carbons (Fsp3) is 0.444. The normalized spacial score (nSPS) is 10.8. The largest absolute Gasteiger partial charge is 0.371 e. The highest BCUT2D eigenvalue weighted by atomic mass is 32.2. The molecule has 16 heavy (non-hydrogen) atoms. The summed E-state index contributed by atoms with van der Waals surface area (Å²) in [6.07, 6.45) is 0. The van der Waals surface area contributed by atoms with Crippen LogP contribution in [0.5, 0.6) is 0 Å². The molecule has 5 nitrogen and oxygen atoms in total. The summed E-state index contributed by atoms with van der Waals surface area (Å²) in [6.45, 7) is 3.40. The molecule has 0 amide bonds. The van der Waals surface area contributed by atoms with Gasteiger partial charge in [-0.1, -0.05) is 17.8 Å². The molecular weight excluding hydrogens is 244 g/mol. The number of ether oxygens (including phenoxy) is 1. The average Bonchev–Trinajstić information content (AvgIpc) is 2.92. The zero-order chi connectivity index (χ0) is 11.2. The number of thioether (sulfide) groups is 1. The molecule has 0 atom stereocenters. The number of aromatic nitrogens is 4. The van der Waals surface area contributed by atoms with Gasteiger partial charge in [-0.15, -0.1) is 16.4 Å². The van der Waals surface area contributed by atoms with E-state index in [2.05, 4.69) is 21.6 Å². The minimum absolute atomic E-state index is 0.585. The smallest absolute Gasteiger partial charge is 0.211 e. The second-order valence-corrected chi connectivity index (χ2v) is 4.88. The number of nitrogens with zero attached hydrogens (tertiary/aromatic N) is 4. The van der Waals surface area contributed by atoms with Gasteiger partial charge < -0.3 is 4.74 Å². The van der Waals surface area contributed by atoms with Gasteiger partial charge in [-0.3, -0.25) is 0 Å². The van der Waals surface area contributed by atoms with Gasteiger partial charge in [0.2, 0.25) is 5.16 Å². The van der Waals surface area contributed by atoms with E-state index in [-0.39, 0.29) is 0 Å². The van der Waals surface area contributed by atoms with Gasteiger partial charge in [0.25, 0.3) is 0 Å². The van der Waals surface area contributed by atoms with E-state index in [1.807, 2.05) is 18.4 Å². The van der Waals surface area contributed by atoms with Crippen LogP contribution < -0.4 is 0 Å². The summed E-state index contributed by atoms with van der Waals surface area (Å²) < 4.78 is 7.04. The van der Waals surface area contributed by atoms with Crippen LogP contribution >= 0.6 is 23.1 Å². The van der Waals surface area contributed by atoms with Crippen molar-refractivity contribution in [2.45, 2.75) is 18.6 Å². The zero-order valence-corrected chi connectivity index (χ0v) is 10.5. The first kappa shape index (κ1) is 11.6. The minimum Gasteiger partial charge on any atom is -0.371 e. The lowest BCUT2D eigenvalue weighted by Gasteiger charge is -2.02. The van der Waals surface area contributed by atoms with Crippen molar-refractivity contribution in [2.24, 2.45) is 0 Å². The molecule has 0 N–H and O–H groups in total. The van der Waals surface area contributed by atoms with Crippen molar-refractivity contribution in [1.82, 2.24) is 20.2 Å². The molecule has 2 aromatic heterocycles. The van der Waals surface area contributed by atoms with E-state index in [0.717, 1.165) is 11.7 Å². The molecule has 0 spiro atoms. The van der Waals surface area contributed by atoms with Gasteiger partial charge in [0.15, 0.2) is 0 Å². The van der Waals surface area contributed by atoms with Crippen molar-refractivity contribution in [3.05, 3.63) is 22.4 Å². The molecule has 86 valence electrons. The fourth-order valence-electron chi connectivity index (χ4n) is 1.13. The molecule has 7 heteroatoms. The van der Waals surface area contributed by atoms with Crippen molar-refractivity contribution < 1.29 is 4.74 Å². The second kappa shape index (κ2) is 5.97. The van der Waals surface area contributed by atoms with E-state index in [1.54, 1.807) is 16.0 Å². The Morgan fingerprint density at radius 1 is 1.56 bits per heavy atom. The SMILES string of the molecule is CCOCSc1nnnn1Cc1cccs1. The van der Waals surface area contributed by atoms with Crippen LogP contribution in [0, 0.1) is 0 Å². The standard InChI is InChI=1S/C9H12N4OS2/c1-2-14-7-16-9-10-11-12-13(9)6-8-4-3-5-15-8/h3-5H,2,6-7H2,1H3. The number of thiophene rings is 1. The Balaban J connectivity index is 1.96. The monoisotopic (exact) mass is 256 g/mol. The van der Waals surface area contributed by atoms with Gasteiger partial charge >= 0.3 is 0 Å². The van der Waals surface area contributed by atoms with Gasteiger partial charge in [0, 0.05) is 11.5 Å². The van der Waals surface area contributed by atoms with E-state index in [0.29, 0.717) is 12.5 Å². The summed E-state index contributed by atoms with van der Waals surface area (Å²) in [6, 6.07) is 4.10. The zero-order valence-electron chi connectivity index (χ0n) is 8.87. The molecule has 0 aromatic carbocycles. The van der Waals surface area contributed by atoms with Crippen LogP contribution in [0.15, 0.2) is 22.7 Å². The van der Waals surface area contributed by atoms with Crippen LogP contribution in [0.1, 0.15) is 11.8 Å². The third kappa shape index (κ3) is 3.03. The molecule has 0 unspecified atom stereocenters. The number of hydrogen-bond acceptors (Lipinski definition) is 6. The Morgan fingerprint density at radius 3 is 3.25 bits per heavy atom. The Kier molecular flexibility index (Phi) is 4.32. The van der Waals surface area contributed by atoms with Gasteiger partial charge in [-0.05, 0) is 28.8 Å². The topological polar surface area (TPSA) is 52.8 Å². The van der Waals surface area contributed by atoms with Crippen LogP contribution in [0.4, 0.5) is 0 Å². The maximum atomic E-state index is 5.25. The first-order valence-corrected chi connectivity index (χ1v) is 6.75. The van der Waals surface area contributed by atoms with Crippen LogP contribution in [0.2, 0.25) is 0 Å². The van der Waals surface area contributed by atoms with Crippen molar-refractivity contribution in [3.8, 4) is 0 Å². The number of rotatable bonds is 6. The molecule has 0 aliphatic rings. The highest BCUT2D eigenvalue weighted by Gasteiger charge is 2.07. The van der Waals surface area contributed by atoms with Crippen molar-refractivity contribution >= 4 is 23.1 Å². The molecule has 2 heterocycles. The maximum absolute atomic E-state index is 5.25. The van der Waals surface area contributed by atoms with Gasteiger partial charge in [-0.25, -0.2) is 4.68 Å². The van der Waals surface area contributed by atoms with Gasteiger partial charge in [0.05, 0.1) is 12.5 Å². The molecule has 0 bridgehead atoms. The summed E-state index contributed by atoms with van der Waals surface area (Å²) >= 11 is 3.21. The highest BCUT2D eigenvalue weighted by Crippen LogP contribution is 2.16.